The lowest BCUT2D eigenvalue weighted by molar-refractivity contribution is -0.148. The Hall–Kier alpha value is -2.64. The average molecular weight is 662 g/mol. The Balaban J connectivity index is 1.52. The highest BCUT2D eigenvalue weighted by Crippen LogP contribution is 2.37. The standard InChI is InChI=1S/C28H28Cl2F2N2O6S2/c1-41-20-7-4-18(5-8-20)16-42(36,37)34-14-27(35)39-25(11-21-22(29)12-33-13-23(21)30)19-6-9-24(40-28(31)32)26(10-19)38-15-17-2-3-17/h4-10,12-13,17,25,28,34H,2-3,11,14-16H2,1H3/t25-/m0/s1. The van der Waals surface area contributed by atoms with Crippen molar-refractivity contribution in [3.05, 3.63) is 81.6 Å². The number of aromatic nitrogens is 1. The average Bonchev–Trinajstić information content (AvgIpc) is 3.77. The number of rotatable bonds is 15. The predicted octanol–water partition coefficient (Wildman–Crippen LogP) is 6.45. The van der Waals surface area contributed by atoms with E-state index in [4.69, 9.17) is 32.7 Å². The van der Waals surface area contributed by atoms with Gasteiger partial charge in [-0.15, -0.1) is 11.8 Å². The minimum Gasteiger partial charge on any atom is -0.489 e. The van der Waals surface area contributed by atoms with Gasteiger partial charge < -0.3 is 14.2 Å². The Morgan fingerprint density at radius 1 is 1.10 bits per heavy atom. The summed E-state index contributed by atoms with van der Waals surface area (Å²) in [5, 5.41) is 0.444. The van der Waals surface area contributed by atoms with Gasteiger partial charge in [0.1, 0.15) is 12.6 Å². The van der Waals surface area contributed by atoms with E-state index in [1.807, 2.05) is 18.4 Å². The van der Waals surface area contributed by atoms with Gasteiger partial charge in [-0.25, -0.2) is 13.1 Å². The third-order valence-corrected chi connectivity index (χ3v) is 8.99. The largest absolute Gasteiger partial charge is 0.489 e. The number of nitrogens with zero attached hydrogens (tertiary/aromatic N) is 1. The van der Waals surface area contributed by atoms with Crippen molar-refractivity contribution in [3.8, 4) is 11.5 Å². The maximum absolute atomic E-state index is 13.0. The van der Waals surface area contributed by atoms with Crippen molar-refractivity contribution >= 4 is 51.0 Å². The molecule has 3 aromatic rings. The number of pyridine rings is 1. The van der Waals surface area contributed by atoms with Crippen LogP contribution in [0.3, 0.4) is 0 Å². The minimum atomic E-state index is -3.87. The summed E-state index contributed by atoms with van der Waals surface area (Å²) in [5.74, 6) is -0.990. The van der Waals surface area contributed by atoms with Crippen molar-refractivity contribution in [3.63, 3.8) is 0 Å². The van der Waals surface area contributed by atoms with Crippen LogP contribution in [0.5, 0.6) is 11.5 Å². The fourth-order valence-corrected chi connectivity index (χ4v) is 5.93. The highest BCUT2D eigenvalue weighted by atomic mass is 35.5. The Morgan fingerprint density at radius 3 is 2.40 bits per heavy atom. The highest BCUT2D eigenvalue weighted by molar-refractivity contribution is 7.98. The van der Waals surface area contributed by atoms with E-state index < -0.39 is 35.3 Å². The molecule has 226 valence electrons. The maximum Gasteiger partial charge on any atom is 0.387 e. The number of esters is 1. The van der Waals surface area contributed by atoms with Gasteiger partial charge in [0, 0.05) is 23.7 Å². The van der Waals surface area contributed by atoms with Crippen LogP contribution in [0.2, 0.25) is 10.0 Å². The first kappa shape index (κ1) is 32.3. The van der Waals surface area contributed by atoms with E-state index in [9.17, 15) is 22.0 Å². The molecular weight excluding hydrogens is 633 g/mol. The van der Waals surface area contributed by atoms with Crippen LogP contribution in [0.15, 0.2) is 59.8 Å². The molecule has 8 nitrogen and oxygen atoms in total. The number of hydrogen-bond acceptors (Lipinski definition) is 8. The number of hydrogen-bond donors (Lipinski definition) is 1. The Morgan fingerprint density at radius 2 is 1.79 bits per heavy atom. The molecule has 0 bridgehead atoms. The molecule has 42 heavy (non-hydrogen) atoms. The van der Waals surface area contributed by atoms with Crippen LogP contribution in [0.1, 0.15) is 35.6 Å². The van der Waals surface area contributed by atoms with Crippen LogP contribution in [-0.4, -0.2) is 45.4 Å². The summed E-state index contributed by atoms with van der Waals surface area (Å²) in [6.45, 7) is -3.40. The molecule has 0 radical (unpaired) electrons. The number of carbonyl (C=O) groups is 1. The molecule has 1 aromatic heterocycles. The van der Waals surface area contributed by atoms with Gasteiger partial charge in [-0.05, 0) is 66.0 Å². The predicted molar refractivity (Wildman–Crippen MR) is 157 cm³/mol. The van der Waals surface area contributed by atoms with Crippen molar-refractivity contribution in [2.24, 2.45) is 5.92 Å². The molecule has 0 saturated heterocycles. The fraction of sp³-hybridized carbons (Fsp3) is 0.357. The highest BCUT2D eigenvalue weighted by Gasteiger charge is 2.26. The number of sulfonamides is 1. The molecular formula is C28H28Cl2F2N2O6S2. The Labute approximate surface area is 257 Å². The first-order chi connectivity index (χ1) is 20.0. The van der Waals surface area contributed by atoms with Gasteiger partial charge in [0.25, 0.3) is 0 Å². The lowest BCUT2D eigenvalue weighted by atomic mass is 10.0. The second-order valence-electron chi connectivity index (χ2n) is 9.53. The summed E-state index contributed by atoms with van der Waals surface area (Å²) in [7, 11) is -3.87. The molecule has 2 aromatic carbocycles. The summed E-state index contributed by atoms with van der Waals surface area (Å²) in [6.07, 6.45) is 5.57. The van der Waals surface area contributed by atoms with E-state index in [-0.39, 0.29) is 33.7 Å². The van der Waals surface area contributed by atoms with Crippen LogP contribution >= 0.6 is 35.0 Å². The van der Waals surface area contributed by atoms with Gasteiger partial charge in [-0.2, -0.15) is 8.78 Å². The number of carbonyl (C=O) groups excluding carboxylic acids is 1. The summed E-state index contributed by atoms with van der Waals surface area (Å²) >= 11 is 14.2. The first-order valence-electron chi connectivity index (χ1n) is 12.8. The third kappa shape index (κ3) is 9.70. The summed E-state index contributed by atoms with van der Waals surface area (Å²) in [4.78, 5) is 17.8. The number of nitrogens with one attached hydrogen (secondary N) is 1. The van der Waals surface area contributed by atoms with Crippen molar-refractivity contribution in [1.82, 2.24) is 9.71 Å². The van der Waals surface area contributed by atoms with Gasteiger partial charge in [0.05, 0.1) is 22.4 Å². The number of thioether (sulfide) groups is 1. The smallest absolute Gasteiger partial charge is 0.387 e. The summed E-state index contributed by atoms with van der Waals surface area (Å²) < 4.78 is 69.7. The van der Waals surface area contributed by atoms with Crippen LogP contribution in [0.25, 0.3) is 0 Å². The van der Waals surface area contributed by atoms with E-state index >= 15 is 0 Å². The molecule has 1 saturated carbocycles. The quantitative estimate of drug-likeness (QED) is 0.147. The monoisotopic (exact) mass is 660 g/mol. The molecule has 0 aliphatic heterocycles. The molecule has 0 spiro atoms. The second kappa shape index (κ2) is 14.7. The van der Waals surface area contributed by atoms with Gasteiger partial charge in [-0.3, -0.25) is 9.78 Å². The van der Waals surface area contributed by atoms with Crippen LogP contribution < -0.4 is 14.2 Å². The maximum atomic E-state index is 13.0. The molecule has 1 atom stereocenters. The van der Waals surface area contributed by atoms with Crippen molar-refractivity contribution < 1.29 is 36.2 Å². The normalized spacial score (nSPS) is 14.0. The van der Waals surface area contributed by atoms with E-state index in [1.54, 1.807) is 12.1 Å². The lowest BCUT2D eigenvalue weighted by Gasteiger charge is -2.21. The topological polar surface area (TPSA) is 104 Å². The van der Waals surface area contributed by atoms with E-state index in [1.165, 1.54) is 42.4 Å². The zero-order valence-corrected chi connectivity index (χ0v) is 25.5. The van der Waals surface area contributed by atoms with E-state index in [2.05, 4.69) is 14.4 Å². The van der Waals surface area contributed by atoms with E-state index in [0.29, 0.717) is 29.2 Å². The number of ether oxygens (including phenoxy) is 3. The molecule has 1 aliphatic carbocycles. The zero-order valence-electron chi connectivity index (χ0n) is 22.4. The molecule has 1 heterocycles. The third-order valence-electron chi connectivity index (χ3n) is 6.29. The van der Waals surface area contributed by atoms with Gasteiger partial charge >= 0.3 is 12.6 Å². The Bertz CT molecular complexity index is 1470. The number of benzene rings is 2. The van der Waals surface area contributed by atoms with Crippen molar-refractivity contribution in [2.75, 3.05) is 19.4 Å². The fourth-order valence-electron chi connectivity index (χ4n) is 3.93. The molecule has 4 rings (SSSR count). The Kier molecular flexibility index (Phi) is 11.3. The molecule has 1 N–H and O–H groups in total. The van der Waals surface area contributed by atoms with Crippen LogP contribution in [0.4, 0.5) is 8.78 Å². The lowest BCUT2D eigenvalue weighted by Crippen LogP contribution is -2.32. The molecule has 0 amide bonds. The van der Waals surface area contributed by atoms with Crippen molar-refractivity contribution in [1.29, 1.82) is 0 Å². The van der Waals surface area contributed by atoms with Gasteiger partial charge in [0.2, 0.25) is 10.0 Å². The molecule has 1 aliphatic rings. The number of alkyl halides is 2. The minimum absolute atomic E-state index is 0.0163. The second-order valence-corrected chi connectivity index (χ2v) is 13.0. The first-order valence-corrected chi connectivity index (χ1v) is 16.5. The van der Waals surface area contributed by atoms with Crippen molar-refractivity contribution in [2.45, 2.75) is 42.6 Å². The summed E-state index contributed by atoms with van der Waals surface area (Å²) in [6, 6.07) is 11.2. The van der Waals surface area contributed by atoms with Crippen LogP contribution in [0, 0.1) is 5.92 Å². The van der Waals surface area contributed by atoms with Crippen LogP contribution in [-0.2, 0) is 31.7 Å². The summed E-state index contributed by atoms with van der Waals surface area (Å²) in [5.41, 5.74) is 1.35. The zero-order chi connectivity index (χ0) is 30.3. The molecule has 1 fully saturated rings. The molecule has 14 heteroatoms. The van der Waals surface area contributed by atoms with Gasteiger partial charge in [0.15, 0.2) is 11.5 Å². The SMILES string of the molecule is CSc1ccc(CS(=O)(=O)NCC(=O)O[C@@H](Cc2c(Cl)cncc2Cl)c2ccc(OC(F)F)c(OCC3CC3)c2)cc1. The van der Waals surface area contributed by atoms with Gasteiger partial charge in [-0.1, -0.05) is 41.4 Å². The number of halogens is 4. The van der Waals surface area contributed by atoms with E-state index in [0.717, 1.165) is 17.7 Å². The molecule has 0 unspecified atom stereocenters.